The number of phenolic OH excluding ortho intramolecular Hbond substituents is 1. The van der Waals surface area contributed by atoms with Gasteiger partial charge in [-0.15, -0.1) is 0 Å². The summed E-state index contributed by atoms with van der Waals surface area (Å²) in [6.07, 6.45) is 0.974. The van der Waals surface area contributed by atoms with Gasteiger partial charge in [0.2, 0.25) is 0 Å². The zero-order chi connectivity index (χ0) is 14.1. The fourth-order valence-electron chi connectivity index (χ4n) is 1.92. The largest absolute Gasteiger partial charge is 0.508 e. The van der Waals surface area contributed by atoms with Gasteiger partial charge < -0.3 is 20.1 Å². The summed E-state index contributed by atoms with van der Waals surface area (Å²) in [5, 5.41) is 12.7. The van der Waals surface area contributed by atoms with Crippen LogP contribution in [0.5, 0.6) is 5.75 Å². The monoisotopic (exact) mass is 266 g/mol. The van der Waals surface area contributed by atoms with Crippen molar-refractivity contribution in [2.45, 2.75) is 19.4 Å². The van der Waals surface area contributed by atoms with Crippen LogP contribution < -0.4 is 5.32 Å². The summed E-state index contributed by atoms with van der Waals surface area (Å²) in [4.78, 5) is 2.25. The van der Waals surface area contributed by atoms with Crippen molar-refractivity contribution < 1.29 is 9.84 Å². The number of hydrogen-bond acceptors (Lipinski definition) is 4. The lowest BCUT2D eigenvalue weighted by atomic mass is 10.1. The number of rotatable bonds is 9. The van der Waals surface area contributed by atoms with Gasteiger partial charge in [-0.05, 0) is 38.1 Å². The molecule has 0 bridgehead atoms. The number of phenols is 1. The van der Waals surface area contributed by atoms with Crippen molar-refractivity contribution in [3.8, 4) is 5.75 Å². The highest BCUT2D eigenvalue weighted by Crippen LogP contribution is 2.11. The summed E-state index contributed by atoms with van der Waals surface area (Å²) < 4.78 is 5.05. The van der Waals surface area contributed by atoms with E-state index in [9.17, 15) is 5.11 Å². The van der Waals surface area contributed by atoms with E-state index in [1.807, 2.05) is 12.1 Å². The second kappa shape index (κ2) is 8.91. The lowest BCUT2D eigenvalue weighted by Gasteiger charge is -2.19. The molecule has 1 aromatic rings. The molecule has 19 heavy (non-hydrogen) atoms. The van der Waals surface area contributed by atoms with E-state index in [4.69, 9.17) is 4.74 Å². The number of ether oxygens (including phenoxy) is 1. The molecule has 1 aromatic carbocycles. The molecule has 0 aliphatic rings. The molecule has 0 aromatic heterocycles. The van der Waals surface area contributed by atoms with Crippen LogP contribution in [0.4, 0.5) is 0 Å². The van der Waals surface area contributed by atoms with Gasteiger partial charge in [0.05, 0.1) is 6.61 Å². The van der Waals surface area contributed by atoms with Gasteiger partial charge in [-0.1, -0.05) is 12.1 Å². The van der Waals surface area contributed by atoms with E-state index in [0.29, 0.717) is 11.8 Å². The van der Waals surface area contributed by atoms with Gasteiger partial charge in [0.1, 0.15) is 5.75 Å². The number of likely N-dealkylation sites (N-methyl/N-ethyl adjacent to an activating group) is 1. The normalized spacial score (nSPS) is 12.8. The molecule has 4 heteroatoms. The predicted molar refractivity (Wildman–Crippen MR) is 78.6 cm³/mol. The van der Waals surface area contributed by atoms with Crippen LogP contribution >= 0.6 is 0 Å². The van der Waals surface area contributed by atoms with Crippen molar-refractivity contribution in [3.05, 3.63) is 29.8 Å². The average molecular weight is 266 g/mol. The zero-order valence-electron chi connectivity index (χ0n) is 12.2. The quantitative estimate of drug-likeness (QED) is 0.711. The van der Waals surface area contributed by atoms with Gasteiger partial charge >= 0.3 is 0 Å². The molecule has 0 saturated heterocycles. The van der Waals surface area contributed by atoms with Crippen molar-refractivity contribution in [3.63, 3.8) is 0 Å². The van der Waals surface area contributed by atoms with Crippen LogP contribution in [0.3, 0.4) is 0 Å². The van der Waals surface area contributed by atoms with E-state index >= 15 is 0 Å². The number of nitrogens with one attached hydrogen (secondary N) is 1. The summed E-state index contributed by atoms with van der Waals surface area (Å²) in [5.74, 6) is 0.323. The molecular weight excluding hydrogens is 240 g/mol. The van der Waals surface area contributed by atoms with Crippen LogP contribution in [-0.4, -0.2) is 56.4 Å². The molecule has 0 saturated carbocycles. The number of nitrogens with zero attached hydrogens (tertiary/aromatic N) is 1. The minimum atomic E-state index is 0.323. The molecule has 0 heterocycles. The maximum Gasteiger partial charge on any atom is 0.115 e. The molecule has 0 spiro atoms. The molecule has 2 N–H and O–H groups in total. The second-order valence-electron chi connectivity index (χ2n) is 5.02. The van der Waals surface area contributed by atoms with Gasteiger partial charge in [-0.2, -0.15) is 0 Å². The molecule has 4 nitrogen and oxygen atoms in total. The minimum absolute atomic E-state index is 0.323. The van der Waals surface area contributed by atoms with Crippen molar-refractivity contribution >= 4 is 0 Å². The predicted octanol–water partition coefficient (Wildman–Crippen LogP) is 1.49. The third-order valence-corrected chi connectivity index (χ3v) is 3.14. The van der Waals surface area contributed by atoms with Crippen LogP contribution in [0.25, 0.3) is 0 Å². The van der Waals surface area contributed by atoms with Gasteiger partial charge in [-0.25, -0.2) is 0 Å². The molecule has 0 aliphatic carbocycles. The Morgan fingerprint density at radius 1 is 1.26 bits per heavy atom. The first-order chi connectivity index (χ1) is 9.11. The summed E-state index contributed by atoms with van der Waals surface area (Å²) in [7, 11) is 3.83. The van der Waals surface area contributed by atoms with Gasteiger partial charge in [0, 0.05) is 32.8 Å². The second-order valence-corrected chi connectivity index (χ2v) is 5.02. The molecule has 108 valence electrons. The van der Waals surface area contributed by atoms with Crippen LogP contribution in [0.1, 0.15) is 12.5 Å². The number of benzene rings is 1. The summed E-state index contributed by atoms with van der Waals surface area (Å²) in [6, 6.07) is 7.85. The van der Waals surface area contributed by atoms with E-state index in [1.54, 1.807) is 19.2 Å². The van der Waals surface area contributed by atoms with E-state index in [2.05, 4.69) is 24.2 Å². The van der Waals surface area contributed by atoms with Gasteiger partial charge in [0.15, 0.2) is 0 Å². The number of methoxy groups -OCH3 is 1. The zero-order valence-corrected chi connectivity index (χ0v) is 12.2. The maximum absolute atomic E-state index is 9.23. The van der Waals surface area contributed by atoms with E-state index in [-0.39, 0.29) is 0 Å². The number of hydrogen-bond donors (Lipinski definition) is 2. The standard InChI is InChI=1S/C15H26N2O2/c1-13(12-14-4-6-15(18)7-5-14)16-8-9-17(2)10-11-19-3/h4-7,13,16,18H,8-12H2,1-3H3. The Labute approximate surface area is 116 Å². The third-order valence-electron chi connectivity index (χ3n) is 3.14. The molecule has 0 fully saturated rings. The lowest BCUT2D eigenvalue weighted by Crippen LogP contribution is -2.36. The molecular formula is C15H26N2O2. The van der Waals surface area contributed by atoms with E-state index in [1.165, 1.54) is 5.56 Å². The van der Waals surface area contributed by atoms with Crippen LogP contribution in [0.15, 0.2) is 24.3 Å². The molecule has 0 radical (unpaired) electrons. The molecule has 1 rings (SSSR count). The smallest absolute Gasteiger partial charge is 0.115 e. The molecule has 0 aliphatic heterocycles. The summed E-state index contributed by atoms with van der Waals surface area (Å²) >= 11 is 0. The maximum atomic E-state index is 9.23. The van der Waals surface area contributed by atoms with E-state index < -0.39 is 0 Å². The SMILES string of the molecule is COCCN(C)CCNC(C)Cc1ccc(O)cc1. The Balaban J connectivity index is 2.17. The highest BCUT2D eigenvalue weighted by atomic mass is 16.5. The topological polar surface area (TPSA) is 44.7 Å². The lowest BCUT2D eigenvalue weighted by molar-refractivity contribution is 0.161. The molecule has 1 unspecified atom stereocenters. The fraction of sp³-hybridized carbons (Fsp3) is 0.600. The van der Waals surface area contributed by atoms with Crippen molar-refractivity contribution in [2.75, 3.05) is 40.4 Å². The minimum Gasteiger partial charge on any atom is -0.508 e. The van der Waals surface area contributed by atoms with Crippen LogP contribution in [0, 0.1) is 0 Å². The summed E-state index contributed by atoms with van der Waals surface area (Å²) in [5.41, 5.74) is 1.24. The first kappa shape index (κ1) is 16.0. The Hall–Kier alpha value is -1.10. The Morgan fingerprint density at radius 3 is 2.58 bits per heavy atom. The van der Waals surface area contributed by atoms with Gasteiger partial charge in [0.25, 0.3) is 0 Å². The van der Waals surface area contributed by atoms with Crippen molar-refractivity contribution in [2.24, 2.45) is 0 Å². The first-order valence-corrected chi connectivity index (χ1v) is 6.80. The van der Waals surface area contributed by atoms with E-state index in [0.717, 1.165) is 32.7 Å². The van der Waals surface area contributed by atoms with Crippen molar-refractivity contribution in [1.82, 2.24) is 10.2 Å². The van der Waals surface area contributed by atoms with Gasteiger partial charge in [-0.3, -0.25) is 0 Å². The molecule has 1 atom stereocenters. The average Bonchev–Trinajstić information content (AvgIpc) is 2.39. The molecule has 0 amide bonds. The summed E-state index contributed by atoms with van der Waals surface area (Å²) in [6.45, 7) is 5.91. The van der Waals surface area contributed by atoms with Crippen LogP contribution in [0.2, 0.25) is 0 Å². The Morgan fingerprint density at radius 2 is 1.95 bits per heavy atom. The van der Waals surface area contributed by atoms with Crippen LogP contribution in [-0.2, 0) is 11.2 Å². The highest BCUT2D eigenvalue weighted by Gasteiger charge is 2.04. The Kier molecular flexibility index (Phi) is 7.48. The number of aromatic hydroxyl groups is 1. The fourth-order valence-corrected chi connectivity index (χ4v) is 1.92. The first-order valence-electron chi connectivity index (χ1n) is 6.80. The third kappa shape index (κ3) is 7.15. The highest BCUT2D eigenvalue weighted by molar-refractivity contribution is 5.26. The Bertz CT molecular complexity index is 341. The van der Waals surface area contributed by atoms with Crippen molar-refractivity contribution in [1.29, 1.82) is 0 Å².